The van der Waals surface area contributed by atoms with Crippen molar-refractivity contribution in [1.29, 1.82) is 0 Å². The number of rotatable bonds is 4. The van der Waals surface area contributed by atoms with Crippen LogP contribution in [-0.2, 0) is 4.79 Å². The largest absolute Gasteiger partial charge is 0.352 e. The van der Waals surface area contributed by atoms with Crippen molar-refractivity contribution < 1.29 is 4.79 Å². The van der Waals surface area contributed by atoms with Crippen molar-refractivity contribution in [1.82, 2.24) is 10.6 Å². The smallest absolute Gasteiger partial charge is 0.243 e. The van der Waals surface area contributed by atoms with Crippen LogP contribution >= 0.6 is 0 Å². The van der Waals surface area contributed by atoms with Crippen LogP contribution in [0.25, 0.3) is 0 Å². The topological polar surface area (TPSA) is 41.1 Å². The molecule has 0 aromatic heterocycles. The minimum atomic E-state index is -0.00123. The number of carbonyl (C=O) groups is 1. The van der Waals surface area contributed by atoms with Gasteiger partial charge in [0, 0.05) is 12.6 Å². The van der Waals surface area contributed by atoms with Gasteiger partial charge in [-0.3, -0.25) is 4.79 Å². The molecular formula is C12H20N2O. The van der Waals surface area contributed by atoms with Gasteiger partial charge in [0.2, 0.25) is 5.91 Å². The third-order valence-electron chi connectivity index (χ3n) is 2.52. The molecule has 0 aromatic rings. The van der Waals surface area contributed by atoms with E-state index in [1.165, 1.54) is 12.8 Å². The Balaban J connectivity index is 2.15. The van der Waals surface area contributed by atoms with Crippen LogP contribution in [0.5, 0.6) is 0 Å². The molecule has 1 rings (SSSR count). The first-order valence-corrected chi connectivity index (χ1v) is 5.61. The number of nitrogens with one attached hydrogen (secondary N) is 2. The van der Waals surface area contributed by atoms with Gasteiger partial charge in [0.05, 0.1) is 0 Å². The first kappa shape index (κ1) is 12.0. The van der Waals surface area contributed by atoms with E-state index >= 15 is 0 Å². The molecule has 0 aliphatic carbocycles. The van der Waals surface area contributed by atoms with Crippen molar-refractivity contribution in [3.63, 3.8) is 0 Å². The van der Waals surface area contributed by atoms with Gasteiger partial charge in [0.15, 0.2) is 0 Å². The van der Waals surface area contributed by atoms with E-state index in [2.05, 4.69) is 10.6 Å². The molecule has 1 amide bonds. The second-order valence-corrected chi connectivity index (χ2v) is 3.84. The first-order chi connectivity index (χ1) is 7.33. The van der Waals surface area contributed by atoms with Gasteiger partial charge in [0.1, 0.15) is 0 Å². The molecular weight excluding hydrogens is 188 g/mol. The number of hydrogen-bond donors (Lipinski definition) is 2. The summed E-state index contributed by atoms with van der Waals surface area (Å²) in [5.41, 5.74) is 0. The Morgan fingerprint density at radius 3 is 3.07 bits per heavy atom. The predicted molar refractivity (Wildman–Crippen MR) is 62.6 cm³/mol. The summed E-state index contributed by atoms with van der Waals surface area (Å²) in [7, 11) is 0. The summed E-state index contributed by atoms with van der Waals surface area (Å²) in [5.74, 6) is 0.594. The van der Waals surface area contributed by atoms with Gasteiger partial charge < -0.3 is 10.6 Å². The Morgan fingerprint density at radius 1 is 1.53 bits per heavy atom. The fraction of sp³-hybridized carbons (Fsp3) is 0.583. The highest BCUT2D eigenvalue weighted by Crippen LogP contribution is 2.07. The van der Waals surface area contributed by atoms with Crippen molar-refractivity contribution >= 4 is 5.91 Å². The zero-order valence-corrected chi connectivity index (χ0v) is 9.33. The van der Waals surface area contributed by atoms with Crippen LogP contribution in [0.1, 0.15) is 19.8 Å². The Hall–Kier alpha value is -1.09. The van der Waals surface area contributed by atoms with E-state index in [-0.39, 0.29) is 5.91 Å². The van der Waals surface area contributed by atoms with Crippen LogP contribution < -0.4 is 10.6 Å². The second-order valence-electron chi connectivity index (χ2n) is 3.84. The molecule has 2 N–H and O–H groups in total. The van der Waals surface area contributed by atoms with E-state index in [1.807, 2.05) is 19.1 Å². The Bertz CT molecular complexity index is 240. The van der Waals surface area contributed by atoms with Crippen LogP contribution in [0.3, 0.4) is 0 Å². The number of piperidine rings is 1. The number of amides is 1. The molecule has 0 bridgehead atoms. The minimum Gasteiger partial charge on any atom is -0.352 e. The van der Waals surface area contributed by atoms with E-state index in [4.69, 9.17) is 0 Å². The molecule has 1 atom stereocenters. The van der Waals surface area contributed by atoms with Crippen LogP contribution in [0.2, 0.25) is 0 Å². The van der Waals surface area contributed by atoms with Gasteiger partial charge in [-0.25, -0.2) is 0 Å². The van der Waals surface area contributed by atoms with Gasteiger partial charge in [-0.15, -0.1) is 0 Å². The van der Waals surface area contributed by atoms with E-state index in [0.717, 1.165) is 19.6 Å². The number of carbonyl (C=O) groups excluding carboxylic acids is 1. The minimum absolute atomic E-state index is 0.00123. The zero-order valence-electron chi connectivity index (χ0n) is 9.33. The molecule has 1 aliphatic rings. The molecule has 0 spiro atoms. The molecule has 1 fully saturated rings. The molecule has 0 unspecified atom stereocenters. The monoisotopic (exact) mass is 208 g/mol. The lowest BCUT2D eigenvalue weighted by Crippen LogP contribution is -2.37. The van der Waals surface area contributed by atoms with Crippen molar-refractivity contribution in [2.45, 2.75) is 19.8 Å². The Labute approximate surface area is 91.6 Å². The molecule has 1 aliphatic heterocycles. The highest BCUT2D eigenvalue weighted by atomic mass is 16.1. The zero-order chi connectivity index (χ0) is 10.9. The third-order valence-corrected chi connectivity index (χ3v) is 2.52. The summed E-state index contributed by atoms with van der Waals surface area (Å²) in [6.07, 6.45) is 9.50. The summed E-state index contributed by atoms with van der Waals surface area (Å²) in [6, 6.07) is 0. The highest BCUT2D eigenvalue weighted by molar-refractivity contribution is 5.87. The summed E-state index contributed by atoms with van der Waals surface area (Å²) < 4.78 is 0. The standard InChI is InChI=1S/C12H20N2O/c1-2-3-4-7-12(15)14-10-11-6-5-8-13-9-11/h2-4,7,11,13H,5-6,8-10H2,1H3,(H,14,15)/b3-2+,7-4+/t11-/m0/s1. The number of allylic oxidation sites excluding steroid dienone is 3. The van der Waals surface area contributed by atoms with Gasteiger partial charge >= 0.3 is 0 Å². The predicted octanol–water partition coefficient (Wildman–Crippen LogP) is 1.23. The fourth-order valence-corrected chi connectivity index (χ4v) is 1.66. The SMILES string of the molecule is C/C=C/C=C/C(=O)NC[C@H]1CCCNC1. The lowest BCUT2D eigenvalue weighted by Gasteiger charge is -2.22. The highest BCUT2D eigenvalue weighted by Gasteiger charge is 2.12. The van der Waals surface area contributed by atoms with Gasteiger partial charge in [0.25, 0.3) is 0 Å². The van der Waals surface area contributed by atoms with Crippen molar-refractivity contribution in [3.8, 4) is 0 Å². The van der Waals surface area contributed by atoms with Crippen LogP contribution in [0, 0.1) is 5.92 Å². The van der Waals surface area contributed by atoms with Crippen molar-refractivity contribution in [2.24, 2.45) is 5.92 Å². The second kappa shape index (κ2) is 7.23. The molecule has 84 valence electrons. The van der Waals surface area contributed by atoms with Crippen LogP contribution in [0.4, 0.5) is 0 Å². The maximum Gasteiger partial charge on any atom is 0.243 e. The quantitative estimate of drug-likeness (QED) is 0.539. The van der Waals surface area contributed by atoms with E-state index in [9.17, 15) is 4.79 Å². The fourth-order valence-electron chi connectivity index (χ4n) is 1.66. The van der Waals surface area contributed by atoms with Crippen molar-refractivity contribution in [3.05, 3.63) is 24.3 Å². The molecule has 3 nitrogen and oxygen atoms in total. The maximum absolute atomic E-state index is 11.3. The third kappa shape index (κ3) is 5.37. The van der Waals surface area contributed by atoms with Gasteiger partial charge in [-0.2, -0.15) is 0 Å². The molecule has 1 heterocycles. The lowest BCUT2D eigenvalue weighted by molar-refractivity contribution is -0.116. The van der Waals surface area contributed by atoms with Crippen LogP contribution in [0.15, 0.2) is 24.3 Å². The average molecular weight is 208 g/mol. The number of hydrogen-bond acceptors (Lipinski definition) is 2. The lowest BCUT2D eigenvalue weighted by atomic mass is 10.00. The van der Waals surface area contributed by atoms with E-state index in [0.29, 0.717) is 5.92 Å². The summed E-state index contributed by atoms with van der Waals surface area (Å²) in [6.45, 7) is 4.85. The molecule has 1 saturated heterocycles. The normalized spacial score (nSPS) is 22.3. The van der Waals surface area contributed by atoms with Crippen molar-refractivity contribution in [2.75, 3.05) is 19.6 Å². The first-order valence-electron chi connectivity index (χ1n) is 5.61. The molecule has 3 heteroatoms. The summed E-state index contributed by atoms with van der Waals surface area (Å²) in [5, 5.41) is 6.24. The molecule has 0 aromatic carbocycles. The Morgan fingerprint density at radius 2 is 2.40 bits per heavy atom. The van der Waals surface area contributed by atoms with E-state index < -0.39 is 0 Å². The van der Waals surface area contributed by atoms with Crippen LogP contribution in [-0.4, -0.2) is 25.5 Å². The average Bonchev–Trinajstić information content (AvgIpc) is 2.28. The Kier molecular flexibility index (Phi) is 5.78. The maximum atomic E-state index is 11.3. The molecule has 15 heavy (non-hydrogen) atoms. The summed E-state index contributed by atoms with van der Waals surface area (Å²) >= 11 is 0. The molecule has 0 saturated carbocycles. The summed E-state index contributed by atoms with van der Waals surface area (Å²) in [4.78, 5) is 11.3. The van der Waals surface area contributed by atoms with Gasteiger partial charge in [-0.05, 0) is 38.8 Å². The van der Waals surface area contributed by atoms with E-state index in [1.54, 1.807) is 12.2 Å². The molecule has 0 radical (unpaired) electrons. The van der Waals surface area contributed by atoms with Gasteiger partial charge in [-0.1, -0.05) is 18.2 Å².